The van der Waals surface area contributed by atoms with E-state index in [0.717, 1.165) is 25.0 Å². The van der Waals surface area contributed by atoms with Crippen molar-refractivity contribution in [2.75, 3.05) is 0 Å². The third-order valence-electron chi connectivity index (χ3n) is 2.68. The molecule has 0 aliphatic rings. The van der Waals surface area contributed by atoms with Crippen molar-refractivity contribution in [3.8, 4) is 0 Å². The second-order valence-electron chi connectivity index (χ2n) is 5.25. The number of nitrogens with zero attached hydrogens (tertiary/aromatic N) is 1. The molecule has 0 amide bonds. The van der Waals surface area contributed by atoms with E-state index in [2.05, 4.69) is 31.1 Å². The molecule has 1 unspecified atom stereocenters. The molecule has 0 spiro atoms. The molecule has 0 aromatic carbocycles. The standard InChI is InChI=1S/C12H22N2S/c1-9-8-15-11(14-9)7-5-6-10(13)12(2,3)4/h8,10H,5-7,13H2,1-4H3. The van der Waals surface area contributed by atoms with Gasteiger partial charge in [0.05, 0.1) is 5.01 Å². The fourth-order valence-electron chi connectivity index (χ4n) is 1.42. The summed E-state index contributed by atoms with van der Waals surface area (Å²) in [4.78, 5) is 4.45. The van der Waals surface area contributed by atoms with Gasteiger partial charge in [-0.3, -0.25) is 0 Å². The number of hydrogen-bond acceptors (Lipinski definition) is 3. The number of aryl methyl sites for hydroxylation is 2. The van der Waals surface area contributed by atoms with Gasteiger partial charge in [0.25, 0.3) is 0 Å². The fraction of sp³-hybridized carbons (Fsp3) is 0.750. The Morgan fingerprint density at radius 3 is 2.60 bits per heavy atom. The summed E-state index contributed by atoms with van der Waals surface area (Å²) >= 11 is 1.76. The lowest BCUT2D eigenvalue weighted by Crippen LogP contribution is -2.34. The van der Waals surface area contributed by atoms with Gasteiger partial charge in [-0.2, -0.15) is 0 Å². The SMILES string of the molecule is Cc1csc(CCCC(N)C(C)(C)C)n1. The van der Waals surface area contributed by atoms with E-state index in [4.69, 9.17) is 5.73 Å². The van der Waals surface area contributed by atoms with E-state index in [1.807, 2.05) is 6.92 Å². The topological polar surface area (TPSA) is 38.9 Å². The molecular formula is C12H22N2S. The number of rotatable bonds is 4. The van der Waals surface area contributed by atoms with Crippen LogP contribution in [-0.2, 0) is 6.42 Å². The molecule has 0 aliphatic heterocycles. The van der Waals surface area contributed by atoms with Crippen LogP contribution in [0.25, 0.3) is 0 Å². The lowest BCUT2D eigenvalue weighted by molar-refractivity contribution is 0.301. The molecule has 1 heterocycles. The van der Waals surface area contributed by atoms with Gasteiger partial charge in [-0.1, -0.05) is 20.8 Å². The normalized spacial score (nSPS) is 14.2. The minimum atomic E-state index is 0.221. The van der Waals surface area contributed by atoms with Crippen LogP contribution in [0.3, 0.4) is 0 Å². The van der Waals surface area contributed by atoms with E-state index in [1.54, 1.807) is 11.3 Å². The van der Waals surface area contributed by atoms with Crippen LogP contribution in [0.5, 0.6) is 0 Å². The van der Waals surface area contributed by atoms with Crippen LogP contribution in [0.4, 0.5) is 0 Å². The summed E-state index contributed by atoms with van der Waals surface area (Å²) in [6.45, 7) is 8.64. The van der Waals surface area contributed by atoms with E-state index in [0.29, 0.717) is 6.04 Å². The van der Waals surface area contributed by atoms with Crippen molar-refractivity contribution >= 4 is 11.3 Å². The van der Waals surface area contributed by atoms with Crippen molar-refractivity contribution in [2.45, 2.75) is 53.0 Å². The average Bonchev–Trinajstić information content (AvgIpc) is 2.49. The first-order valence-electron chi connectivity index (χ1n) is 5.56. The lowest BCUT2D eigenvalue weighted by atomic mass is 9.84. The van der Waals surface area contributed by atoms with Gasteiger partial charge in [-0.25, -0.2) is 4.98 Å². The average molecular weight is 226 g/mol. The van der Waals surface area contributed by atoms with Crippen molar-refractivity contribution in [1.29, 1.82) is 0 Å². The first-order valence-corrected chi connectivity index (χ1v) is 6.44. The highest BCUT2D eigenvalue weighted by molar-refractivity contribution is 7.09. The molecule has 1 aromatic heterocycles. The molecule has 1 rings (SSSR count). The number of hydrogen-bond donors (Lipinski definition) is 1. The Morgan fingerprint density at radius 1 is 1.47 bits per heavy atom. The maximum absolute atomic E-state index is 6.10. The quantitative estimate of drug-likeness (QED) is 0.856. The number of nitrogens with two attached hydrogens (primary N) is 1. The molecule has 15 heavy (non-hydrogen) atoms. The zero-order valence-electron chi connectivity index (χ0n) is 10.2. The molecule has 0 aliphatic carbocycles. The molecule has 0 saturated heterocycles. The van der Waals surface area contributed by atoms with Crippen molar-refractivity contribution in [1.82, 2.24) is 4.98 Å². The van der Waals surface area contributed by atoms with E-state index < -0.39 is 0 Å². The number of aromatic nitrogens is 1. The van der Waals surface area contributed by atoms with Crippen molar-refractivity contribution in [2.24, 2.45) is 11.1 Å². The van der Waals surface area contributed by atoms with Gasteiger partial charge < -0.3 is 5.73 Å². The Bertz CT molecular complexity index is 299. The number of thiazole rings is 1. The second-order valence-corrected chi connectivity index (χ2v) is 6.19. The summed E-state index contributed by atoms with van der Waals surface area (Å²) in [7, 11) is 0. The first-order chi connectivity index (χ1) is 6.89. The molecule has 1 atom stereocenters. The summed E-state index contributed by atoms with van der Waals surface area (Å²) < 4.78 is 0. The third-order valence-corrected chi connectivity index (χ3v) is 3.71. The molecule has 2 N–H and O–H groups in total. The summed E-state index contributed by atoms with van der Waals surface area (Å²) in [6, 6.07) is 0.290. The van der Waals surface area contributed by atoms with E-state index in [-0.39, 0.29) is 5.41 Å². The van der Waals surface area contributed by atoms with Crippen LogP contribution in [0.15, 0.2) is 5.38 Å². The van der Waals surface area contributed by atoms with E-state index >= 15 is 0 Å². The van der Waals surface area contributed by atoms with Crippen LogP contribution in [0.1, 0.15) is 44.3 Å². The summed E-state index contributed by atoms with van der Waals surface area (Å²) in [5, 5.41) is 3.35. The molecular weight excluding hydrogens is 204 g/mol. The van der Waals surface area contributed by atoms with Gasteiger partial charge in [0, 0.05) is 17.1 Å². The Labute approximate surface area is 96.9 Å². The Kier molecular flexibility index (Phi) is 4.29. The molecule has 0 saturated carbocycles. The van der Waals surface area contributed by atoms with E-state index in [9.17, 15) is 0 Å². The molecule has 0 radical (unpaired) electrons. The Hall–Kier alpha value is -0.410. The largest absolute Gasteiger partial charge is 0.327 e. The summed E-state index contributed by atoms with van der Waals surface area (Å²) in [6.07, 6.45) is 3.30. The molecule has 3 heteroatoms. The van der Waals surface area contributed by atoms with Crippen LogP contribution < -0.4 is 5.73 Å². The highest BCUT2D eigenvalue weighted by atomic mass is 32.1. The third kappa shape index (κ3) is 4.31. The highest BCUT2D eigenvalue weighted by Gasteiger charge is 2.19. The predicted molar refractivity (Wildman–Crippen MR) is 67.2 cm³/mol. The second kappa shape index (κ2) is 5.08. The zero-order chi connectivity index (χ0) is 11.5. The van der Waals surface area contributed by atoms with Crippen LogP contribution >= 0.6 is 11.3 Å². The zero-order valence-corrected chi connectivity index (χ0v) is 11.0. The minimum Gasteiger partial charge on any atom is -0.327 e. The first kappa shape index (κ1) is 12.7. The van der Waals surface area contributed by atoms with E-state index in [1.165, 1.54) is 5.01 Å². The van der Waals surface area contributed by atoms with Crippen LogP contribution in [0.2, 0.25) is 0 Å². The van der Waals surface area contributed by atoms with Gasteiger partial charge in [-0.05, 0) is 31.6 Å². The van der Waals surface area contributed by atoms with Gasteiger partial charge >= 0.3 is 0 Å². The van der Waals surface area contributed by atoms with Crippen LogP contribution in [-0.4, -0.2) is 11.0 Å². The fourth-order valence-corrected chi connectivity index (χ4v) is 2.24. The Morgan fingerprint density at radius 2 is 2.13 bits per heavy atom. The molecule has 86 valence electrons. The van der Waals surface area contributed by atoms with Crippen molar-refractivity contribution in [3.63, 3.8) is 0 Å². The smallest absolute Gasteiger partial charge is 0.0928 e. The predicted octanol–water partition coefficient (Wildman–Crippen LogP) is 3.15. The highest BCUT2D eigenvalue weighted by Crippen LogP contribution is 2.22. The minimum absolute atomic E-state index is 0.221. The monoisotopic (exact) mass is 226 g/mol. The van der Waals surface area contributed by atoms with Gasteiger partial charge in [0.1, 0.15) is 0 Å². The van der Waals surface area contributed by atoms with Gasteiger partial charge in [0.15, 0.2) is 0 Å². The van der Waals surface area contributed by atoms with Crippen molar-refractivity contribution < 1.29 is 0 Å². The molecule has 2 nitrogen and oxygen atoms in total. The summed E-state index contributed by atoms with van der Waals surface area (Å²) in [5.74, 6) is 0. The lowest BCUT2D eigenvalue weighted by Gasteiger charge is -2.26. The van der Waals surface area contributed by atoms with Crippen LogP contribution in [0, 0.1) is 12.3 Å². The van der Waals surface area contributed by atoms with Gasteiger partial charge in [0.2, 0.25) is 0 Å². The maximum atomic E-state index is 6.10. The maximum Gasteiger partial charge on any atom is 0.0928 e. The molecule has 0 fully saturated rings. The summed E-state index contributed by atoms with van der Waals surface area (Å²) in [5.41, 5.74) is 7.46. The molecule has 1 aromatic rings. The molecule has 0 bridgehead atoms. The van der Waals surface area contributed by atoms with Gasteiger partial charge in [-0.15, -0.1) is 11.3 Å². The van der Waals surface area contributed by atoms with Crippen molar-refractivity contribution in [3.05, 3.63) is 16.1 Å². The Balaban J connectivity index is 2.28.